The zero-order chi connectivity index (χ0) is 13.9. The molecule has 2 N–H and O–H groups in total. The third kappa shape index (κ3) is 2.72. The summed E-state index contributed by atoms with van der Waals surface area (Å²) in [5, 5.41) is 12.5. The molecular formula is C15H21N3O2. The van der Waals surface area contributed by atoms with Gasteiger partial charge in [-0.1, -0.05) is 12.1 Å². The van der Waals surface area contributed by atoms with Crippen molar-refractivity contribution in [1.82, 2.24) is 4.90 Å². The molecule has 2 amide bonds. The van der Waals surface area contributed by atoms with Crippen LogP contribution in [-0.2, 0) is 0 Å². The van der Waals surface area contributed by atoms with Crippen molar-refractivity contribution in [2.45, 2.75) is 25.4 Å². The van der Waals surface area contributed by atoms with Crippen LogP contribution in [0.3, 0.4) is 0 Å². The van der Waals surface area contributed by atoms with Gasteiger partial charge in [0.1, 0.15) is 0 Å². The predicted molar refractivity (Wildman–Crippen MR) is 79.1 cm³/mol. The molecule has 1 aromatic rings. The summed E-state index contributed by atoms with van der Waals surface area (Å²) in [5.41, 5.74) is 1.96. The number of carbonyl (C=O) groups is 1. The highest BCUT2D eigenvalue weighted by atomic mass is 16.3. The van der Waals surface area contributed by atoms with Crippen LogP contribution in [0.5, 0.6) is 0 Å². The van der Waals surface area contributed by atoms with Crippen LogP contribution in [0.25, 0.3) is 0 Å². The van der Waals surface area contributed by atoms with Crippen LogP contribution >= 0.6 is 0 Å². The number of benzene rings is 1. The molecule has 108 valence electrons. The number of urea groups is 1. The summed E-state index contributed by atoms with van der Waals surface area (Å²) in [6, 6.07) is 7.82. The Balaban J connectivity index is 1.72. The Morgan fingerprint density at radius 1 is 1.20 bits per heavy atom. The quantitative estimate of drug-likeness (QED) is 0.866. The molecule has 2 fully saturated rings. The van der Waals surface area contributed by atoms with E-state index in [9.17, 15) is 9.90 Å². The minimum Gasteiger partial charge on any atom is -0.391 e. The molecular weight excluding hydrogens is 254 g/mol. The fourth-order valence-corrected chi connectivity index (χ4v) is 2.93. The van der Waals surface area contributed by atoms with Crippen molar-refractivity contribution in [2.75, 3.05) is 36.4 Å². The number of carbonyl (C=O) groups excluding carboxylic acids is 1. The molecule has 20 heavy (non-hydrogen) atoms. The first-order valence-corrected chi connectivity index (χ1v) is 7.32. The molecule has 0 aliphatic carbocycles. The van der Waals surface area contributed by atoms with E-state index in [1.807, 2.05) is 18.2 Å². The number of nitrogens with zero attached hydrogens (tertiary/aromatic N) is 2. The smallest absolute Gasteiger partial charge is 0.321 e. The van der Waals surface area contributed by atoms with Gasteiger partial charge in [-0.2, -0.15) is 0 Å². The maximum absolute atomic E-state index is 12.2. The lowest BCUT2D eigenvalue weighted by Gasteiger charge is -2.23. The lowest BCUT2D eigenvalue weighted by atomic mass is 10.2. The van der Waals surface area contributed by atoms with Crippen molar-refractivity contribution in [3.8, 4) is 0 Å². The number of likely N-dealkylation sites (tertiary alicyclic amines) is 1. The van der Waals surface area contributed by atoms with E-state index < -0.39 is 0 Å². The molecule has 1 atom stereocenters. The van der Waals surface area contributed by atoms with Crippen molar-refractivity contribution in [3.63, 3.8) is 0 Å². The Bertz CT molecular complexity index is 486. The topological polar surface area (TPSA) is 55.8 Å². The Morgan fingerprint density at radius 2 is 1.95 bits per heavy atom. The molecule has 0 unspecified atom stereocenters. The van der Waals surface area contributed by atoms with E-state index in [4.69, 9.17) is 0 Å². The molecule has 0 aromatic heterocycles. The van der Waals surface area contributed by atoms with Gasteiger partial charge in [0.2, 0.25) is 0 Å². The van der Waals surface area contributed by atoms with Gasteiger partial charge >= 0.3 is 6.03 Å². The second-order valence-electron chi connectivity index (χ2n) is 5.53. The molecule has 0 radical (unpaired) electrons. The third-order valence-electron chi connectivity index (χ3n) is 4.04. The average molecular weight is 275 g/mol. The van der Waals surface area contributed by atoms with E-state index >= 15 is 0 Å². The number of amides is 2. The van der Waals surface area contributed by atoms with E-state index in [1.165, 1.54) is 12.8 Å². The monoisotopic (exact) mass is 275 g/mol. The first-order chi connectivity index (χ1) is 9.74. The van der Waals surface area contributed by atoms with Crippen LogP contribution in [0.4, 0.5) is 16.2 Å². The molecule has 0 saturated carbocycles. The summed E-state index contributed by atoms with van der Waals surface area (Å²) in [5.74, 6) is 0. The van der Waals surface area contributed by atoms with Crippen LogP contribution < -0.4 is 10.2 Å². The fraction of sp³-hybridized carbons (Fsp3) is 0.533. The molecule has 5 heteroatoms. The van der Waals surface area contributed by atoms with Crippen LogP contribution in [0.2, 0.25) is 0 Å². The molecule has 0 spiro atoms. The van der Waals surface area contributed by atoms with E-state index in [1.54, 1.807) is 4.90 Å². The van der Waals surface area contributed by atoms with Gasteiger partial charge < -0.3 is 20.2 Å². The van der Waals surface area contributed by atoms with Crippen molar-refractivity contribution >= 4 is 17.4 Å². The number of aliphatic hydroxyl groups excluding tert-OH is 1. The number of aliphatic hydroxyl groups is 1. The maximum atomic E-state index is 12.2. The minimum atomic E-state index is -0.380. The molecule has 1 aromatic carbocycles. The van der Waals surface area contributed by atoms with Crippen LogP contribution in [0.1, 0.15) is 19.3 Å². The average Bonchev–Trinajstić information content (AvgIpc) is 3.10. The van der Waals surface area contributed by atoms with Gasteiger partial charge in [0.25, 0.3) is 0 Å². The third-order valence-corrected chi connectivity index (χ3v) is 4.04. The van der Waals surface area contributed by atoms with Gasteiger partial charge in [-0.3, -0.25) is 0 Å². The number of anilines is 2. The van der Waals surface area contributed by atoms with Gasteiger partial charge in [0, 0.05) is 26.2 Å². The summed E-state index contributed by atoms with van der Waals surface area (Å²) < 4.78 is 0. The molecule has 2 aliphatic heterocycles. The first kappa shape index (κ1) is 13.2. The summed E-state index contributed by atoms with van der Waals surface area (Å²) >= 11 is 0. The van der Waals surface area contributed by atoms with Gasteiger partial charge in [0.15, 0.2) is 0 Å². The van der Waals surface area contributed by atoms with Gasteiger partial charge in [-0.05, 0) is 31.4 Å². The van der Waals surface area contributed by atoms with E-state index in [-0.39, 0.29) is 12.1 Å². The zero-order valence-electron chi connectivity index (χ0n) is 11.6. The summed E-state index contributed by atoms with van der Waals surface area (Å²) in [6.07, 6.45) is 2.71. The van der Waals surface area contributed by atoms with Crippen molar-refractivity contribution in [3.05, 3.63) is 24.3 Å². The number of hydrogen-bond acceptors (Lipinski definition) is 3. The molecule has 3 rings (SSSR count). The standard InChI is InChI=1S/C15H21N3O2/c19-12-7-10-18(11-12)15(20)16-13-5-1-2-6-14(13)17-8-3-4-9-17/h1-2,5-6,12,19H,3-4,7-11H2,(H,16,20)/t12-/m1/s1. The maximum Gasteiger partial charge on any atom is 0.321 e. The molecule has 2 aliphatic rings. The normalized spacial score (nSPS) is 22.4. The summed E-state index contributed by atoms with van der Waals surface area (Å²) in [7, 11) is 0. The lowest BCUT2D eigenvalue weighted by Crippen LogP contribution is -2.34. The second kappa shape index (κ2) is 5.71. The van der Waals surface area contributed by atoms with E-state index in [0.717, 1.165) is 24.5 Å². The molecule has 2 saturated heterocycles. The molecule has 0 bridgehead atoms. The second-order valence-corrected chi connectivity index (χ2v) is 5.53. The van der Waals surface area contributed by atoms with E-state index in [2.05, 4.69) is 16.3 Å². The first-order valence-electron chi connectivity index (χ1n) is 7.32. The van der Waals surface area contributed by atoms with Gasteiger partial charge in [0.05, 0.1) is 17.5 Å². The highest BCUT2D eigenvalue weighted by Crippen LogP contribution is 2.29. The number of nitrogens with one attached hydrogen (secondary N) is 1. The van der Waals surface area contributed by atoms with Gasteiger partial charge in [-0.25, -0.2) is 4.79 Å². The highest BCUT2D eigenvalue weighted by molar-refractivity contribution is 5.93. The number of rotatable bonds is 2. The van der Waals surface area contributed by atoms with Crippen LogP contribution in [-0.4, -0.2) is 48.3 Å². The van der Waals surface area contributed by atoms with Crippen molar-refractivity contribution < 1.29 is 9.90 Å². The molecule has 2 heterocycles. The summed E-state index contributed by atoms with van der Waals surface area (Å²) in [6.45, 7) is 3.15. The van der Waals surface area contributed by atoms with Crippen molar-refractivity contribution in [1.29, 1.82) is 0 Å². The number of β-amino-alcohol motifs (C(OH)–C–C–N with tert-alkyl or cyclic N) is 1. The van der Waals surface area contributed by atoms with E-state index in [0.29, 0.717) is 19.5 Å². The molecule has 5 nitrogen and oxygen atoms in total. The predicted octanol–water partition coefficient (Wildman–Crippen LogP) is 1.89. The number of hydrogen-bond donors (Lipinski definition) is 2. The number of para-hydroxylation sites is 2. The SMILES string of the molecule is O=C(Nc1ccccc1N1CCCC1)N1CC[C@@H](O)C1. The highest BCUT2D eigenvalue weighted by Gasteiger charge is 2.25. The Kier molecular flexibility index (Phi) is 3.78. The largest absolute Gasteiger partial charge is 0.391 e. The minimum absolute atomic E-state index is 0.117. The van der Waals surface area contributed by atoms with Crippen LogP contribution in [0.15, 0.2) is 24.3 Å². The van der Waals surface area contributed by atoms with Crippen molar-refractivity contribution in [2.24, 2.45) is 0 Å². The van der Waals surface area contributed by atoms with Crippen LogP contribution in [0, 0.1) is 0 Å². The fourth-order valence-electron chi connectivity index (χ4n) is 2.93. The zero-order valence-corrected chi connectivity index (χ0v) is 11.6. The van der Waals surface area contributed by atoms with Gasteiger partial charge in [-0.15, -0.1) is 0 Å². The summed E-state index contributed by atoms with van der Waals surface area (Å²) in [4.78, 5) is 16.2. The Morgan fingerprint density at radius 3 is 2.65 bits per heavy atom. The lowest BCUT2D eigenvalue weighted by molar-refractivity contribution is 0.176. The Labute approximate surface area is 119 Å². The Hall–Kier alpha value is -1.75.